The van der Waals surface area contributed by atoms with E-state index >= 15 is 0 Å². The SMILES string of the molecule is c1cc(NCc2cc3ncccc3o2)c2cccnc2c1. The lowest BCUT2D eigenvalue weighted by molar-refractivity contribution is 0.559. The van der Waals surface area contributed by atoms with Gasteiger partial charge in [-0.15, -0.1) is 0 Å². The fourth-order valence-corrected chi connectivity index (χ4v) is 2.45. The third-order valence-corrected chi connectivity index (χ3v) is 3.44. The molecule has 0 aliphatic carbocycles. The summed E-state index contributed by atoms with van der Waals surface area (Å²) in [7, 11) is 0. The summed E-state index contributed by atoms with van der Waals surface area (Å²) in [6.45, 7) is 0.615. The van der Waals surface area contributed by atoms with Crippen molar-refractivity contribution in [3.8, 4) is 0 Å². The first-order chi connectivity index (χ1) is 10.4. The first-order valence-electron chi connectivity index (χ1n) is 6.81. The van der Waals surface area contributed by atoms with Gasteiger partial charge in [0.2, 0.25) is 0 Å². The van der Waals surface area contributed by atoms with Gasteiger partial charge in [0.1, 0.15) is 11.3 Å². The maximum Gasteiger partial charge on any atom is 0.152 e. The molecule has 0 bridgehead atoms. The van der Waals surface area contributed by atoms with Crippen molar-refractivity contribution in [2.24, 2.45) is 0 Å². The summed E-state index contributed by atoms with van der Waals surface area (Å²) in [5.41, 5.74) is 3.73. The molecule has 0 atom stereocenters. The number of rotatable bonds is 3. The van der Waals surface area contributed by atoms with Crippen molar-refractivity contribution in [2.75, 3.05) is 5.32 Å². The molecule has 0 spiro atoms. The van der Waals surface area contributed by atoms with E-state index in [1.165, 1.54) is 0 Å². The van der Waals surface area contributed by atoms with Crippen LogP contribution in [0.4, 0.5) is 5.69 Å². The fourth-order valence-electron chi connectivity index (χ4n) is 2.45. The Hall–Kier alpha value is -2.88. The molecule has 1 aromatic carbocycles. The molecule has 4 rings (SSSR count). The molecule has 4 nitrogen and oxygen atoms in total. The van der Waals surface area contributed by atoms with Crippen LogP contribution in [0.2, 0.25) is 0 Å². The van der Waals surface area contributed by atoms with Crippen LogP contribution < -0.4 is 5.32 Å². The van der Waals surface area contributed by atoms with Crippen LogP contribution in [-0.4, -0.2) is 9.97 Å². The monoisotopic (exact) mass is 275 g/mol. The number of pyridine rings is 2. The van der Waals surface area contributed by atoms with Gasteiger partial charge in [-0.2, -0.15) is 0 Å². The van der Waals surface area contributed by atoms with Gasteiger partial charge in [-0.25, -0.2) is 0 Å². The molecule has 0 fully saturated rings. The Balaban J connectivity index is 1.63. The topological polar surface area (TPSA) is 51.0 Å². The molecule has 0 saturated heterocycles. The summed E-state index contributed by atoms with van der Waals surface area (Å²) in [6, 6.07) is 15.8. The third-order valence-electron chi connectivity index (χ3n) is 3.44. The van der Waals surface area contributed by atoms with E-state index in [9.17, 15) is 0 Å². The number of nitrogens with zero attached hydrogens (tertiary/aromatic N) is 2. The van der Waals surface area contributed by atoms with E-state index in [2.05, 4.69) is 21.4 Å². The average molecular weight is 275 g/mol. The van der Waals surface area contributed by atoms with Crippen molar-refractivity contribution in [2.45, 2.75) is 6.54 Å². The Bertz CT molecular complexity index is 876. The largest absolute Gasteiger partial charge is 0.457 e. The van der Waals surface area contributed by atoms with Gasteiger partial charge in [-0.3, -0.25) is 9.97 Å². The molecule has 0 radical (unpaired) electrons. The lowest BCUT2D eigenvalue weighted by Crippen LogP contribution is -1.98. The zero-order valence-electron chi connectivity index (χ0n) is 11.3. The van der Waals surface area contributed by atoms with Gasteiger partial charge >= 0.3 is 0 Å². The number of fused-ring (bicyclic) bond motifs is 2. The van der Waals surface area contributed by atoms with Crippen LogP contribution in [0.15, 0.2) is 65.3 Å². The maximum atomic E-state index is 5.76. The minimum Gasteiger partial charge on any atom is -0.457 e. The van der Waals surface area contributed by atoms with Crippen LogP contribution >= 0.6 is 0 Å². The van der Waals surface area contributed by atoms with Gasteiger partial charge in [0.25, 0.3) is 0 Å². The summed E-state index contributed by atoms with van der Waals surface area (Å²) in [5, 5.41) is 4.51. The van der Waals surface area contributed by atoms with Crippen molar-refractivity contribution in [3.63, 3.8) is 0 Å². The number of furan rings is 1. The van der Waals surface area contributed by atoms with Gasteiger partial charge in [0, 0.05) is 29.5 Å². The Morgan fingerprint density at radius 1 is 0.905 bits per heavy atom. The Morgan fingerprint density at radius 2 is 1.76 bits per heavy atom. The van der Waals surface area contributed by atoms with Crippen LogP contribution in [0.5, 0.6) is 0 Å². The number of anilines is 1. The summed E-state index contributed by atoms with van der Waals surface area (Å²) in [5.74, 6) is 0.865. The Labute approximate surface area is 121 Å². The van der Waals surface area contributed by atoms with Gasteiger partial charge in [0.05, 0.1) is 12.1 Å². The molecule has 0 aliphatic heterocycles. The van der Waals surface area contributed by atoms with E-state index in [0.717, 1.165) is 33.5 Å². The minimum atomic E-state index is 0.615. The van der Waals surface area contributed by atoms with Crippen molar-refractivity contribution < 1.29 is 4.42 Å². The number of aromatic nitrogens is 2. The standard InChI is InChI=1S/C17H13N3O/c1-5-14-13(4-2-8-18-14)15(6-1)20-11-12-10-16-17(21-12)7-3-9-19-16/h1-10,20H,11H2. The number of hydrogen-bond acceptors (Lipinski definition) is 4. The van der Waals surface area contributed by atoms with Crippen molar-refractivity contribution in [1.82, 2.24) is 9.97 Å². The van der Waals surface area contributed by atoms with Gasteiger partial charge in [-0.05, 0) is 36.4 Å². The maximum absolute atomic E-state index is 5.76. The predicted molar refractivity (Wildman–Crippen MR) is 83.1 cm³/mol. The molecule has 4 aromatic rings. The van der Waals surface area contributed by atoms with E-state index in [4.69, 9.17) is 4.42 Å². The first-order valence-corrected chi connectivity index (χ1v) is 6.81. The normalized spacial score (nSPS) is 11.0. The molecule has 0 aliphatic rings. The first kappa shape index (κ1) is 11.9. The molecule has 4 heteroatoms. The van der Waals surface area contributed by atoms with Crippen LogP contribution in [0.25, 0.3) is 22.0 Å². The van der Waals surface area contributed by atoms with E-state index < -0.39 is 0 Å². The highest BCUT2D eigenvalue weighted by atomic mass is 16.3. The summed E-state index contributed by atoms with van der Waals surface area (Å²) >= 11 is 0. The average Bonchev–Trinajstić information content (AvgIpc) is 2.96. The van der Waals surface area contributed by atoms with Crippen LogP contribution in [0, 0.1) is 0 Å². The van der Waals surface area contributed by atoms with E-state index in [1.54, 1.807) is 12.4 Å². The zero-order valence-corrected chi connectivity index (χ0v) is 11.3. The van der Waals surface area contributed by atoms with Gasteiger partial charge in [-0.1, -0.05) is 6.07 Å². The van der Waals surface area contributed by atoms with Crippen LogP contribution in [-0.2, 0) is 6.54 Å². The molecule has 0 saturated carbocycles. The molecule has 0 amide bonds. The lowest BCUT2D eigenvalue weighted by atomic mass is 10.2. The highest BCUT2D eigenvalue weighted by molar-refractivity contribution is 5.91. The fraction of sp³-hybridized carbons (Fsp3) is 0.0588. The highest BCUT2D eigenvalue weighted by Gasteiger charge is 2.05. The second-order valence-corrected chi connectivity index (χ2v) is 4.83. The van der Waals surface area contributed by atoms with E-state index in [1.807, 2.05) is 42.5 Å². The van der Waals surface area contributed by atoms with Crippen molar-refractivity contribution in [3.05, 3.63) is 66.7 Å². The quantitative estimate of drug-likeness (QED) is 0.614. The molecule has 3 aromatic heterocycles. The second-order valence-electron chi connectivity index (χ2n) is 4.83. The number of nitrogens with one attached hydrogen (secondary N) is 1. The number of benzene rings is 1. The summed E-state index contributed by atoms with van der Waals surface area (Å²) in [6.07, 6.45) is 3.57. The zero-order chi connectivity index (χ0) is 14.1. The number of hydrogen-bond donors (Lipinski definition) is 1. The Kier molecular flexibility index (Phi) is 2.78. The smallest absolute Gasteiger partial charge is 0.152 e. The Morgan fingerprint density at radius 3 is 2.67 bits per heavy atom. The predicted octanol–water partition coefficient (Wildman–Crippen LogP) is 3.99. The van der Waals surface area contributed by atoms with Crippen LogP contribution in [0.3, 0.4) is 0 Å². The molecule has 3 heterocycles. The summed E-state index contributed by atoms with van der Waals surface area (Å²) < 4.78 is 5.76. The van der Waals surface area contributed by atoms with Gasteiger partial charge in [0.15, 0.2) is 5.58 Å². The van der Waals surface area contributed by atoms with Crippen molar-refractivity contribution in [1.29, 1.82) is 0 Å². The molecule has 1 N–H and O–H groups in total. The van der Waals surface area contributed by atoms with Crippen molar-refractivity contribution >= 4 is 27.7 Å². The molecule has 0 unspecified atom stereocenters. The minimum absolute atomic E-state index is 0.615. The molecule has 21 heavy (non-hydrogen) atoms. The molecule has 102 valence electrons. The van der Waals surface area contributed by atoms with E-state index in [-0.39, 0.29) is 0 Å². The second kappa shape index (κ2) is 4.90. The third kappa shape index (κ3) is 2.21. The van der Waals surface area contributed by atoms with E-state index in [0.29, 0.717) is 6.54 Å². The lowest BCUT2D eigenvalue weighted by Gasteiger charge is -2.07. The highest BCUT2D eigenvalue weighted by Crippen LogP contribution is 2.23. The van der Waals surface area contributed by atoms with Crippen LogP contribution in [0.1, 0.15) is 5.76 Å². The molecular formula is C17H13N3O. The summed E-state index contributed by atoms with van der Waals surface area (Å²) in [4.78, 5) is 8.63. The molecular weight excluding hydrogens is 262 g/mol. The van der Waals surface area contributed by atoms with Gasteiger partial charge < -0.3 is 9.73 Å².